The van der Waals surface area contributed by atoms with Crippen molar-refractivity contribution in [1.82, 2.24) is 4.90 Å². The van der Waals surface area contributed by atoms with Gasteiger partial charge in [-0.2, -0.15) is 0 Å². The zero-order chi connectivity index (χ0) is 40.7. The minimum absolute atomic E-state index is 0.0280. The summed E-state index contributed by atoms with van der Waals surface area (Å²) in [6.45, 7) is 9.63. The Kier molecular flexibility index (Phi) is 29.6. The topological polar surface area (TPSA) is 135 Å². The molecule has 1 saturated carbocycles. The molecule has 0 spiro atoms. The lowest BCUT2D eigenvalue weighted by molar-refractivity contribution is -0.160. The predicted octanol–water partition coefficient (Wildman–Crippen LogP) is 9.31. The van der Waals surface area contributed by atoms with E-state index in [2.05, 4.69) is 20.8 Å². The molecule has 1 rings (SSSR count). The molecule has 0 N–H and O–H groups in total. The molecule has 0 saturated heterocycles. The summed E-state index contributed by atoms with van der Waals surface area (Å²) >= 11 is 0. The number of ether oxygens (including phenoxy) is 5. The van der Waals surface area contributed by atoms with Gasteiger partial charge in [0.2, 0.25) is 0 Å². The normalized spacial score (nSPS) is 17.3. The summed E-state index contributed by atoms with van der Waals surface area (Å²) in [7, 11) is 3.96. The lowest BCUT2D eigenvalue weighted by Crippen LogP contribution is -2.27. The van der Waals surface area contributed by atoms with Crippen molar-refractivity contribution in [3.8, 4) is 0 Å². The molecule has 0 heterocycles. The van der Waals surface area contributed by atoms with Crippen molar-refractivity contribution in [2.75, 3.05) is 40.5 Å². The maximum Gasteiger partial charge on any atom is 0.306 e. The van der Waals surface area contributed by atoms with Gasteiger partial charge in [-0.05, 0) is 90.3 Å². The molecule has 320 valence electrons. The molecular formula is C44H79NO10. The number of hydrogen-bond acceptors (Lipinski definition) is 11. The van der Waals surface area contributed by atoms with Crippen molar-refractivity contribution >= 4 is 29.8 Å². The van der Waals surface area contributed by atoms with Crippen LogP contribution in [0, 0.1) is 17.8 Å². The standard InChI is InChI=1S/C44H79NO10/c1-7-10-13-14-15-18-23-38(34-53-44(50)31-37-28-29-39(35(37)4)55-43(49)27-21-30-45(5)6)54-42(48)26-20-19-22-36(32-51-40(46)24-16-11-8-2)33-52-41(47)25-17-12-9-3/h35-39H,7-34H2,1-6H3. The zero-order valence-corrected chi connectivity index (χ0v) is 35.7. The maximum absolute atomic E-state index is 13.0. The van der Waals surface area contributed by atoms with E-state index in [-0.39, 0.29) is 86.4 Å². The summed E-state index contributed by atoms with van der Waals surface area (Å²) < 4.78 is 28.4. The highest BCUT2D eigenvalue weighted by molar-refractivity contribution is 5.71. The van der Waals surface area contributed by atoms with Crippen molar-refractivity contribution < 1.29 is 47.7 Å². The average Bonchev–Trinajstić information content (AvgIpc) is 3.48. The van der Waals surface area contributed by atoms with Gasteiger partial charge in [0, 0.05) is 38.0 Å². The van der Waals surface area contributed by atoms with Crippen LogP contribution in [-0.2, 0) is 47.7 Å². The fraction of sp³-hybridized carbons (Fsp3) is 0.886. The van der Waals surface area contributed by atoms with Crippen LogP contribution in [0.15, 0.2) is 0 Å². The third-order valence-electron chi connectivity index (χ3n) is 10.6. The van der Waals surface area contributed by atoms with Gasteiger partial charge >= 0.3 is 29.8 Å². The molecule has 1 aliphatic carbocycles. The first-order valence-corrected chi connectivity index (χ1v) is 22.0. The fourth-order valence-electron chi connectivity index (χ4n) is 6.98. The molecule has 55 heavy (non-hydrogen) atoms. The number of carbonyl (C=O) groups excluding carboxylic acids is 5. The van der Waals surface area contributed by atoms with Crippen LogP contribution < -0.4 is 0 Å². The largest absolute Gasteiger partial charge is 0.465 e. The lowest BCUT2D eigenvalue weighted by atomic mass is 9.94. The Hall–Kier alpha value is -2.69. The third kappa shape index (κ3) is 26.7. The Morgan fingerprint density at radius 1 is 0.564 bits per heavy atom. The monoisotopic (exact) mass is 782 g/mol. The van der Waals surface area contributed by atoms with Crippen molar-refractivity contribution in [2.45, 2.75) is 194 Å². The average molecular weight is 782 g/mol. The third-order valence-corrected chi connectivity index (χ3v) is 10.6. The molecule has 0 aromatic heterocycles. The van der Waals surface area contributed by atoms with E-state index in [1.165, 1.54) is 19.3 Å². The van der Waals surface area contributed by atoms with Crippen LogP contribution in [0.25, 0.3) is 0 Å². The van der Waals surface area contributed by atoms with E-state index in [4.69, 9.17) is 23.7 Å². The van der Waals surface area contributed by atoms with Gasteiger partial charge in [0.15, 0.2) is 0 Å². The van der Waals surface area contributed by atoms with E-state index in [1.807, 2.05) is 25.9 Å². The molecule has 0 aromatic rings. The number of rotatable bonds is 34. The van der Waals surface area contributed by atoms with E-state index >= 15 is 0 Å². The highest BCUT2D eigenvalue weighted by atomic mass is 16.6. The molecule has 0 amide bonds. The van der Waals surface area contributed by atoms with Crippen LogP contribution in [0.4, 0.5) is 0 Å². The minimum Gasteiger partial charge on any atom is -0.465 e. The molecule has 0 aliphatic heterocycles. The van der Waals surface area contributed by atoms with Gasteiger partial charge in [-0.3, -0.25) is 24.0 Å². The lowest BCUT2D eigenvalue weighted by Gasteiger charge is -2.22. The molecule has 0 aromatic carbocycles. The summed E-state index contributed by atoms with van der Waals surface area (Å²) in [4.78, 5) is 64.9. The van der Waals surface area contributed by atoms with Gasteiger partial charge in [0.1, 0.15) is 18.8 Å². The first-order valence-electron chi connectivity index (χ1n) is 22.0. The smallest absolute Gasteiger partial charge is 0.306 e. The molecule has 0 radical (unpaired) electrons. The molecular weight excluding hydrogens is 702 g/mol. The van der Waals surface area contributed by atoms with Crippen LogP contribution in [0.2, 0.25) is 0 Å². The number of carbonyl (C=O) groups is 5. The molecule has 0 bridgehead atoms. The van der Waals surface area contributed by atoms with E-state index < -0.39 is 6.10 Å². The van der Waals surface area contributed by atoms with Crippen molar-refractivity contribution in [1.29, 1.82) is 0 Å². The van der Waals surface area contributed by atoms with E-state index in [0.717, 1.165) is 83.6 Å². The fourth-order valence-corrected chi connectivity index (χ4v) is 6.98. The summed E-state index contributed by atoms with van der Waals surface area (Å²) in [5, 5.41) is 0. The second kappa shape index (κ2) is 32.4. The Labute approximate surface area is 334 Å². The Morgan fingerprint density at radius 3 is 1.69 bits per heavy atom. The van der Waals surface area contributed by atoms with Crippen LogP contribution >= 0.6 is 0 Å². The summed E-state index contributed by atoms with van der Waals surface area (Å²) in [6.07, 6.45) is 17.9. The van der Waals surface area contributed by atoms with Crippen molar-refractivity contribution in [3.63, 3.8) is 0 Å². The molecule has 4 unspecified atom stereocenters. The van der Waals surface area contributed by atoms with Gasteiger partial charge in [-0.25, -0.2) is 0 Å². The summed E-state index contributed by atoms with van der Waals surface area (Å²) in [6, 6.07) is 0. The van der Waals surface area contributed by atoms with Crippen molar-refractivity contribution in [2.24, 2.45) is 17.8 Å². The Morgan fingerprint density at radius 2 is 1.07 bits per heavy atom. The van der Waals surface area contributed by atoms with Crippen LogP contribution in [0.3, 0.4) is 0 Å². The predicted molar refractivity (Wildman–Crippen MR) is 215 cm³/mol. The quantitative estimate of drug-likeness (QED) is 0.0351. The summed E-state index contributed by atoms with van der Waals surface area (Å²) in [5.41, 5.74) is 0. The van der Waals surface area contributed by atoms with Crippen molar-refractivity contribution in [3.05, 3.63) is 0 Å². The molecule has 1 aliphatic rings. The maximum atomic E-state index is 13.0. The Bertz CT molecular complexity index is 1020. The van der Waals surface area contributed by atoms with Crippen LogP contribution in [-0.4, -0.2) is 87.4 Å². The second-order valence-corrected chi connectivity index (χ2v) is 16.1. The van der Waals surface area contributed by atoms with Gasteiger partial charge in [-0.15, -0.1) is 0 Å². The first-order chi connectivity index (χ1) is 26.5. The number of esters is 5. The van der Waals surface area contributed by atoms with E-state index in [1.54, 1.807) is 0 Å². The molecule has 4 atom stereocenters. The summed E-state index contributed by atoms with van der Waals surface area (Å²) in [5.74, 6) is -1.29. The SMILES string of the molecule is CCCCCCCCC(COC(=O)CC1CCC(OC(=O)CCCN(C)C)C1C)OC(=O)CCCCC(COC(=O)CCCCC)COC(=O)CCCCC. The van der Waals surface area contributed by atoms with E-state index in [9.17, 15) is 24.0 Å². The van der Waals surface area contributed by atoms with Gasteiger partial charge in [0.25, 0.3) is 0 Å². The highest BCUT2D eigenvalue weighted by Gasteiger charge is 2.37. The van der Waals surface area contributed by atoms with Gasteiger partial charge in [-0.1, -0.05) is 91.9 Å². The molecule has 11 nitrogen and oxygen atoms in total. The number of unbranched alkanes of at least 4 members (excludes halogenated alkanes) is 10. The second-order valence-electron chi connectivity index (χ2n) is 16.1. The minimum atomic E-state index is -0.508. The zero-order valence-electron chi connectivity index (χ0n) is 35.7. The molecule has 1 fully saturated rings. The van der Waals surface area contributed by atoms with Crippen LogP contribution in [0.5, 0.6) is 0 Å². The van der Waals surface area contributed by atoms with E-state index in [0.29, 0.717) is 44.9 Å². The Balaban J connectivity index is 2.62. The van der Waals surface area contributed by atoms with Gasteiger partial charge < -0.3 is 28.6 Å². The highest BCUT2D eigenvalue weighted by Crippen LogP contribution is 2.36. The molecule has 11 heteroatoms. The first kappa shape index (κ1) is 50.3. The number of hydrogen-bond donors (Lipinski definition) is 0. The number of nitrogens with zero attached hydrogens (tertiary/aromatic N) is 1. The van der Waals surface area contributed by atoms with Crippen LogP contribution in [0.1, 0.15) is 182 Å². The van der Waals surface area contributed by atoms with Gasteiger partial charge in [0.05, 0.1) is 13.2 Å².